The molecule has 1 fully saturated rings. The minimum atomic E-state index is -3.96. The lowest BCUT2D eigenvalue weighted by atomic mass is 10.1. The molecule has 0 aliphatic carbocycles. The number of halogens is 1. The first-order chi connectivity index (χ1) is 15.7. The third-order valence-corrected chi connectivity index (χ3v) is 6.12. The SMILES string of the molecule is NS(=O)(=O)c1ccc(N2C(=O)CC(N(Cc3ccco3)C(=O)c3ccccc3F)C2=O)cc1. The molecule has 1 aliphatic rings. The summed E-state index contributed by atoms with van der Waals surface area (Å²) in [7, 11) is -3.96. The van der Waals surface area contributed by atoms with Crippen molar-refractivity contribution in [3.8, 4) is 0 Å². The average molecular weight is 471 g/mol. The fourth-order valence-corrected chi connectivity index (χ4v) is 4.11. The zero-order chi connectivity index (χ0) is 23.8. The van der Waals surface area contributed by atoms with E-state index in [0.717, 1.165) is 15.9 Å². The lowest BCUT2D eigenvalue weighted by molar-refractivity contribution is -0.122. The van der Waals surface area contributed by atoms with Crippen LogP contribution < -0.4 is 10.0 Å². The normalized spacial score (nSPS) is 16.3. The molecule has 1 atom stereocenters. The number of nitrogens with zero attached hydrogens (tertiary/aromatic N) is 2. The van der Waals surface area contributed by atoms with Crippen molar-refractivity contribution in [3.63, 3.8) is 0 Å². The molecule has 11 heteroatoms. The van der Waals surface area contributed by atoms with Crippen LogP contribution in [0.15, 0.2) is 76.2 Å². The van der Waals surface area contributed by atoms with Gasteiger partial charge in [-0.15, -0.1) is 0 Å². The lowest BCUT2D eigenvalue weighted by Gasteiger charge is -2.27. The highest BCUT2D eigenvalue weighted by Gasteiger charge is 2.45. The molecule has 2 N–H and O–H groups in total. The third-order valence-electron chi connectivity index (χ3n) is 5.19. The zero-order valence-corrected chi connectivity index (χ0v) is 17.9. The van der Waals surface area contributed by atoms with Gasteiger partial charge in [-0.1, -0.05) is 12.1 Å². The van der Waals surface area contributed by atoms with Crippen LogP contribution in [0.4, 0.5) is 10.1 Å². The molecule has 0 spiro atoms. The van der Waals surface area contributed by atoms with Crippen molar-refractivity contribution < 1.29 is 31.6 Å². The van der Waals surface area contributed by atoms with Crippen LogP contribution in [0.2, 0.25) is 0 Å². The number of sulfonamides is 1. The quantitative estimate of drug-likeness (QED) is 0.548. The molecule has 1 aromatic heterocycles. The second-order valence-electron chi connectivity index (χ2n) is 7.32. The standard InChI is InChI=1S/C22H18FN3O6S/c23-18-6-2-1-5-17(18)21(28)25(13-15-4-3-11-32-15)19-12-20(27)26(22(19)29)14-7-9-16(10-8-14)33(24,30)31/h1-11,19H,12-13H2,(H2,24,30,31). The van der Waals surface area contributed by atoms with E-state index in [2.05, 4.69) is 0 Å². The van der Waals surface area contributed by atoms with Gasteiger partial charge in [0.05, 0.1) is 35.4 Å². The first-order valence-electron chi connectivity index (χ1n) is 9.74. The van der Waals surface area contributed by atoms with Gasteiger partial charge >= 0.3 is 0 Å². The molecule has 1 saturated heterocycles. The van der Waals surface area contributed by atoms with Crippen LogP contribution in [-0.2, 0) is 26.2 Å². The van der Waals surface area contributed by atoms with Crippen molar-refractivity contribution in [3.05, 3.63) is 84.1 Å². The van der Waals surface area contributed by atoms with Crippen molar-refractivity contribution in [2.45, 2.75) is 23.9 Å². The van der Waals surface area contributed by atoms with Crippen LogP contribution in [0.1, 0.15) is 22.5 Å². The number of rotatable bonds is 6. The monoisotopic (exact) mass is 471 g/mol. The summed E-state index contributed by atoms with van der Waals surface area (Å²) in [6.07, 6.45) is 1.05. The molecule has 4 rings (SSSR count). The predicted molar refractivity (Wildman–Crippen MR) is 114 cm³/mol. The number of hydrogen-bond acceptors (Lipinski definition) is 6. The van der Waals surface area contributed by atoms with Gasteiger partial charge < -0.3 is 9.32 Å². The molecule has 9 nitrogen and oxygen atoms in total. The van der Waals surface area contributed by atoms with E-state index in [4.69, 9.17) is 9.56 Å². The van der Waals surface area contributed by atoms with Gasteiger partial charge in [0.1, 0.15) is 17.6 Å². The Hall–Kier alpha value is -3.83. The van der Waals surface area contributed by atoms with Gasteiger partial charge in [0.25, 0.3) is 11.8 Å². The summed E-state index contributed by atoms with van der Waals surface area (Å²) in [6, 6.07) is 12.2. The Balaban J connectivity index is 1.68. The minimum Gasteiger partial charge on any atom is -0.467 e. The summed E-state index contributed by atoms with van der Waals surface area (Å²) in [5.74, 6) is -2.50. The Kier molecular flexibility index (Phi) is 5.83. The second kappa shape index (κ2) is 8.60. The van der Waals surface area contributed by atoms with Gasteiger partial charge in [-0.05, 0) is 48.5 Å². The van der Waals surface area contributed by atoms with Gasteiger partial charge in [-0.25, -0.2) is 22.8 Å². The van der Waals surface area contributed by atoms with E-state index >= 15 is 0 Å². The summed E-state index contributed by atoms with van der Waals surface area (Å²) >= 11 is 0. The second-order valence-corrected chi connectivity index (χ2v) is 8.88. The molecule has 1 unspecified atom stereocenters. The van der Waals surface area contributed by atoms with Gasteiger partial charge in [-0.3, -0.25) is 14.4 Å². The molecular weight excluding hydrogens is 453 g/mol. The zero-order valence-electron chi connectivity index (χ0n) is 17.0. The minimum absolute atomic E-state index is 0.121. The van der Waals surface area contributed by atoms with Crippen LogP contribution in [-0.4, -0.2) is 37.1 Å². The molecule has 170 valence electrons. The van der Waals surface area contributed by atoms with E-state index in [-0.39, 0.29) is 29.1 Å². The van der Waals surface area contributed by atoms with Crippen LogP contribution in [0.5, 0.6) is 0 Å². The molecular formula is C22H18FN3O6S. The van der Waals surface area contributed by atoms with Gasteiger partial charge in [0.15, 0.2) is 0 Å². The third kappa shape index (κ3) is 4.41. The number of carbonyl (C=O) groups excluding carboxylic acids is 3. The summed E-state index contributed by atoms with van der Waals surface area (Å²) in [6.45, 7) is -0.165. The average Bonchev–Trinajstić information content (AvgIpc) is 3.39. The molecule has 2 heterocycles. The lowest BCUT2D eigenvalue weighted by Crippen LogP contribution is -2.45. The smallest absolute Gasteiger partial charge is 0.257 e. The van der Waals surface area contributed by atoms with E-state index in [1.54, 1.807) is 12.1 Å². The summed E-state index contributed by atoms with van der Waals surface area (Å²) < 4.78 is 42.6. The van der Waals surface area contributed by atoms with Crippen LogP contribution in [0, 0.1) is 5.82 Å². The fourth-order valence-electron chi connectivity index (χ4n) is 3.60. The predicted octanol–water partition coefficient (Wildman–Crippen LogP) is 2.04. The fraction of sp³-hybridized carbons (Fsp3) is 0.136. The summed E-state index contributed by atoms with van der Waals surface area (Å²) in [5.41, 5.74) is -0.128. The first-order valence-corrected chi connectivity index (χ1v) is 11.3. The van der Waals surface area contributed by atoms with E-state index < -0.39 is 39.6 Å². The number of primary sulfonamides is 1. The first kappa shape index (κ1) is 22.4. The maximum Gasteiger partial charge on any atom is 0.257 e. The van der Waals surface area contributed by atoms with Crippen molar-refractivity contribution in [2.75, 3.05) is 4.90 Å². The van der Waals surface area contributed by atoms with Crippen molar-refractivity contribution >= 4 is 33.4 Å². The maximum absolute atomic E-state index is 14.3. The molecule has 0 radical (unpaired) electrons. The van der Waals surface area contributed by atoms with Gasteiger partial charge in [0, 0.05) is 0 Å². The maximum atomic E-state index is 14.3. The van der Waals surface area contributed by atoms with Gasteiger partial charge in [0.2, 0.25) is 15.9 Å². The molecule has 0 bridgehead atoms. The summed E-state index contributed by atoms with van der Waals surface area (Å²) in [5, 5.41) is 5.08. The van der Waals surface area contributed by atoms with Gasteiger partial charge in [-0.2, -0.15) is 0 Å². The molecule has 0 saturated carbocycles. The van der Waals surface area contributed by atoms with Crippen LogP contribution in [0.25, 0.3) is 0 Å². The van der Waals surface area contributed by atoms with E-state index in [1.165, 1.54) is 48.7 Å². The largest absolute Gasteiger partial charge is 0.467 e. The number of hydrogen-bond donors (Lipinski definition) is 1. The van der Waals surface area contributed by atoms with E-state index in [0.29, 0.717) is 5.76 Å². The number of anilines is 1. The highest BCUT2D eigenvalue weighted by Crippen LogP contribution is 2.29. The number of amides is 3. The number of imide groups is 1. The Labute approximate surface area is 188 Å². The van der Waals surface area contributed by atoms with Crippen LogP contribution >= 0.6 is 0 Å². The Bertz CT molecular complexity index is 1320. The highest BCUT2D eigenvalue weighted by molar-refractivity contribution is 7.89. The topological polar surface area (TPSA) is 131 Å². The number of carbonyl (C=O) groups is 3. The van der Waals surface area contributed by atoms with Crippen molar-refractivity contribution in [1.82, 2.24) is 4.90 Å². The van der Waals surface area contributed by atoms with E-state index in [1.807, 2.05) is 0 Å². The van der Waals surface area contributed by atoms with Crippen molar-refractivity contribution in [1.29, 1.82) is 0 Å². The van der Waals surface area contributed by atoms with Crippen molar-refractivity contribution in [2.24, 2.45) is 5.14 Å². The molecule has 3 aromatic rings. The Morgan fingerprint density at radius 1 is 1.09 bits per heavy atom. The highest BCUT2D eigenvalue weighted by atomic mass is 32.2. The molecule has 3 amide bonds. The number of furan rings is 1. The molecule has 33 heavy (non-hydrogen) atoms. The number of benzene rings is 2. The summed E-state index contributed by atoms with van der Waals surface area (Å²) in [4.78, 5) is 41.0. The Morgan fingerprint density at radius 2 is 1.79 bits per heavy atom. The van der Waals surface area contributed by atoms with Crippen LogP contribution in [0.3, 0.4) is 0 Å². The Morgan fingerprint density at radius 3 is 2.39 bits per heavy atom. The van der Waals surface area contributed by atoms with E-state index in [9.17, 15) is 27.2 Å². The molecule has 1 aliphatic heterocycles. The molecule has 2 aromatic carbocycles. The number of nitrogens with two attached hydrogens (primary N) is 1.